The van der Waals surface area contributed by atoms with Gasteiger partial charge in [0, 0.05) is 20.5 Å². The van der Waals surface area contributed by atoms with Gasteiger partial charge in [-0.2, -0.15) is 18.4 Å². The smallest absolute Gasteiger partial charge is 0.475 e. The van der Waals surface area contributed by atoms with E-state index in [2.05, 4.69) is 16.7 Å². The third-order valence-corrected chi connectivity index (χ3v) is 7.53. The van der Waals surface area contributed by atoms with Crippen molar-refractivity contribution in [2.24, 2.45) is 0 Å². The van der Waals surface area contributed by atoms with Gasteiger partial charge in [-0.1, -0.05) is 42.8 Å². The molecule has 0 saturated carbocycles. The molecule has 0 spiro atoms. The van der Waals surface area contributed by atoms with E-state index in [4.69, 9.17) is 9.90 Å². The molecule has 2 aromatic rings. The molecule has 3 rings (SSSR count). The van der Waals surface area contributed by atoms with Gasteiger partial charge >= 0.3 is 12.1 Å². The fourth-order valence-electron chi connectivity index (χ4n) is 3.58. The van der Waals surface area contributed by atoms with Crippen molar-refractivity contribution >= 4 is 21.9 Å². The number of carbonyl (C=O) groups excluding carboxylic acids is 1. The van der Waals surface area contributed by atoms with Gasteiger partial charge in [-0.25, -0.2) is 17.5 Å². The molecule has 1 aliphatic heterocycles. The number of aliphatic carboxylic acids is 1. The van der Waals surface area contributed by atoms with Crippen molar-refractivity contribution in [2.75, 3.05) is 20.6 Å². The molecule has 0 aliphatic carbocycles. The van der Waals surface area contributed by atoms with Crippen LogP contribution in [-0.2, 0) is 26.0 Å². The minimum Gasteiger partial charge on any atom is -0.475 e. The van der Waals surface area contributed by atoms with Crippen LogP contribution in [0.15, 0.2) is 53.4 Å². The van der Waals surface area contributed by atoms with Gasteiger partial charge in [0.15, 0.2) is 0 Å². The summed E-state index contributed by atoms with van der Waals surface area (Å²) in [5, 5.41) is 22.6. The fourth-order valence-corrected chi connectivity index (χ4v) is 4.48. The average Bonchev–Trinajstić information content (AvgIpc) is 2.89. The lowest BCUT2D eigenvalue weighted by atomic mass is 10.00. The standard InChI is InChI=1S/C23H28N4O3S.C2HF3O2/c1-27(2)31(29,30)21-12-10-19(11-13-21)18-8-6-17(7-9-18)15-20(16-24)26-23(28)22-5-3-4-14-25-22;3-2(4,5)1(6)7/h6-13,20,22,25H,3-5,14-15H2,1-2H3,(H,26,28);(H,6,7)/t20-,22-;/m0./s1. The lowest BCUT2D eigenvalue weighted by molar-refractivity contribution is -0.192. The summed E-state index contributed by atoms with van der Waals surface area (Å²) < 4.78 is 57.3. The minimum absolute atomic E-state index is 0.115. The van der Waals surface area contributed by atoms with E-state index in [1.807, 2.05) is 24.3 Å². The number of piperidine rings is 1. The molecule has 38 heavy (non-hydrogen) atoms. The number of alkyl halides is 3. The van der Waals surface area contributed by atoms with Crippen LogP contribution in [0.5, 0.6) is 0 Å². The van der Waals surface area contributed by atoms with E-state index < -0.39 is 28.2 Å². The normalized spacial score (nSPS) is 16.5. The van der Waals surface area contributed by atoms with Crippen LogP contribution in [-0.4, -0.2) is 68.6 Å². The molecule has 1 saturated heterocycles. The third kappa shape index (κ3) is 8.83. The maximum Gasteiger partial charge on any atom is 0.490 e. The first kappa shape index (κ1) is 30.8. The van der Waals surface area contributed by atoms with Crippen LogP contribution in [0.25, 0.3) is 11.1 Å². The second kappa shape index (κ2) is 13.4. The number of amides is 1. The van der Waals surface area contributed by atoms with Crippen molar-refractivity contribution in [1.29, 1.82) is 5.26 Å². The number of nitrogens with one attached hydrogen (secondary N) is 2. The molecule has 0 unspecified atom stereocenters. The maximum absolute atomic E-state index is 12.4. The summed E-state index contributed by atoms with van der Waals surface area (Å²) in [5.74, 6) is -2.87. The molecule has 0 bridgehead atoms. The summed E-state index contributed by atoms with van der Waals surface area (Å²) >= 11 is 0. The van der Waals surface area contributed by atoms with E-state index in [9.17, 15) is 31.6 Å². The number of nitriles is 1. The monoisotopic (exact) mass is 554 g/mol. The first-order valence-electron chi connectivity index (χ1n) is 11.6. The zero-order valence-electron chi connectivity index (χ0n) is 20.8. The zero-order valence-corrected chi connectivity index (χ0v) is 21.6. The Morgan fingerprint density at radius 2 is 1.63 bits per heavy atom. The van der Waals surface area contributed by atoms with Gasteiger partial charge in [0.25, 0.3) is 0 Å². The quantitative estimate of drug-likeness (QED) is 0.478. The van der Waals surface area contributed by atoms with Gasteiger partial charge in [-0.3, -0.25) is 4.79 Å². The maximum atomic E-state index is 12.4. The predicted molar refractivity (Wildman–Crippen MR) is 133 cm³/mol. The van der Waals surface area contributed by atoms with E-state index in [-0.39, 0.29) is 16.8 Å². The Balaban J connectivity index is 0.000000638. The molecule has 9 nitrogen and oxygen atoms in total. The lowest BCUT2D eigenvalue weighted by Crippen LogP contribution is -2.49. The highest BCUT2D eigenvalue weighted by molar-refractivity contribution is 7.89. The molecule has 1 amide bonds. The van der Waals surface area contributed by atoms with E-state index in [1.165, 1.54) is 18.4 Å². The van der Waals surface area contributed by atoms with Crippen molar-refractivity contribution in [3.8, 4) is 17.2 Å². The highest BCUT2D eigenvalue weighted by atomic mass is 32.2. The Morgan fingerprint density at radius 1 is 1.11 bits per heavy atom. The average molecular weight is 555 g/mol. The summed E-state index contributed by atoms with van der Waals surface area (Å²) in [7, 11) is -0.444. The Labute approximate surface area is 219 Å². The van der Waals surface area contributed by atoms with Crippen molar-refractivity contribution in [3.05, 3.63) is 54.1 Å². The van der Waals surface area contributed by atoms with Gasteiger partial charge in [0.1, 0.15) is 6.04 Å². The van der Waals surface area contributed by atoms with E-state index >= 15 is 0 Å². The van der Waals surface area contributed by atoms with Gasteiger partial charge in [-0.15, -0.1) is 0 Å². The number of nitrogens with zero attached hydrogens (tertiary/aromatic N) is 2. The number of sulfonamides is 1. The van der Waals surface area contributed by atoms with Crippen LogP contribution in [0.2, 0.25) is 0 Å². The number of rotatable bonds is 7. The molecule has 2 atom stereocenters. The van der Waals surface area contributed by atoms with Crippen LogP contribution in [0.1, 0.15) is 24.8 Å². The van der Waals surface area contributed by atoms with Crippen molar-refractivity contribution < 1.29 is 36.3 Å². The first-order chi connectivity index (χ1) is 17.8. The first-order valence-corrected chi connectivity index (χ1v) is 13.0. The van der Waals surface area contributed by atoms with E-state index in [1.54, 1.807) is 24.3 Å². The zero-order chi connectivity index (χ0) is 28.5. The summed E-state index contributed by atoms with van der Waals surface area (Å²) in [5.41, 5.74) is 2.79. The van der Waals surface area contributed by atoms with Gasteiger partial charge in [-0.05, 0) is 48.2 Å². The molecule has 206 valence electrons. The molecule has 1 heterocycles. The molecule has 0 aromatic heterocycles. The molecule has 1 aliphatic rings. The second-order valence-corrected chi connectivity index (χ2v) is 10.9. The summed E-state index contributed by atoms with van der Waals surface area (Å²) in [6.07, 6.45) is -1.76. The number of carboxylic acids is 1. The number of carboxylic acid groups (broad SMARTS) is 1. The molecule has 13 heteroatoms. The number of carbonyl (C=O) groups is 2. The highest BCUT2D eigenvalue weighted by Crippen LogP contribution is 2.23. The SMILES string of the molecule is CN(C)S(=O)(=O)c1ccc(-c2ccc(C[C@@H](C#N)NC(=O)[C@@H]3CCCCN3)cc2)cc1.O=C(O)C(F)(F)F. The Hall–Kier alpha value is -3.47. The van der Waals surface area contributed by atoms with Crippen LogP contribution >= 0.6 is 0 Å². The van der Waals surface area contributed by atoms with E-state index in [0.29, 0.717) is 6.42 Å². The fraction of sp³-hybridized carbons (Fsp3) is 0.400. The van der Waals surface area contributed by atoms with Crippen LogP contribution in [0.4, 0.5) is 13.2 Å². The number of benzene rings is 2. The van der Waals surface area contributed by atoms with Gasteiger partial charge in [0.05, 0.1) is 17.0 Å². The third-order valence-electron chi connectivity index (χ3n) is 5.70. The van der Waals surface area contributed by atoms with Crippen molar-refractivity contribution in [2.45, 2.75) is 48.8 Å². The summed E-state index contributed by atoms with van der Waals surface area (Å²) in [6, 6.07) is 15.8. The predicted octanol–water partition coefficient (Wildman–Crippen LogP) is 2.93. The van der Waals surface area contributed by atoms with Crippen LogP contribution in [0, 0.1) is 11.3 Å². The lowest BCUT2D eigenvalue weighted by Gasteiger charge is -2.23. The highest BCUT2D eigenvalue weighted by Gasteiger charge is 2.38. The molecule has 1 fully saturated rings. The Morgan fingerprint density at radius 3 is 2.05 bits per heavy atom. The largest absolute Gasteiger partial charge is 0.490 e. The number of halogens is 3. The van der Waals surface area contributed by atoms with Crippen molar-refractivity contribution in [3.63, 3.8) is 0 Å². The molecule has 3 N–H and O–H groups in total. The molecular formula is C25H29F3N4O5S. The second-order valence-electron chi connectivity index (χ2n) is 8.71. The minimum atomic E-state index is -5.08. The van der Waals surface area contributed by atoms with E-state index in [0.717, 1.165) is 42.5 Å². The topological polar surface area (TPSA) is 140 Å². The Kier molecular flexibility index (Phi) is 10.8. The Bertz CT molecular complexity index is 1240. The summed E-state index contributed by atoms with van der Waals surface area (Å²) in [4.78, 5) is 21.5. The molecular weight excluding hydrogens is 525 g/mol. The van der Waals surface area contributed by atoms with Crippen molar-refractivity contribution in [1.82, 2.24) is 14.9 Å². The number of hydrogen-bond donors (Lipinski definition) is 3. The summed E-state index contributed by atoms with van der Waals surface area (Å²) in [6.45, 7) is 0.832. The van der Waals surface area contributed by atoms with Crippen LogP contribution in [0.3, 0.4) is 0 Å². The molecule has 2 aromatic carbocycles. The van der Waals surface area contributed by atoms with Crippen LogP contribution < -0.4 is 10.6 Å². The molecule has 0 radical (unpaired) electrons. The van der Waals surface area contributed by atoms with Gasteiger partial charge in [0.2, 0.25) is 15.9 Å². The number of hydrogen-bond acceptors (Lipinski definition) is 6. The van der Waals surface area contributed by atoms with Gasteiger partial charge < -0.3 is 15.7 Å².